The zero-order valence-corrected chi connectivity index (χ0v) is 10.2. The molecule has 1 unspecified atom stereocenters. The number of rotatable bonds is 2. The van der Waals surface area contributed by atoms with Crippen LogP contribution in [0.1, 0.15) is 10.9 Å². The van der Waals surface area contributed by atoms with Crippen LogP contribution in [0.5, 0.6) is 0 Å². The molecule has 2 heterocycles. The van der Waals surface area contributed by atoms with Crippen LogP contribution in [0.4, 0.5) is 0 Å². The van der Waals surface area contributed by atoms with Crippen molar-refractivity contribution in [2.24, 2.45) is 11.8 Å². The van der Waals surface area contributed by atoms with Gasteiger partial charge in [-0.2, -0.15) is 0 Å². The summed E-state index contributed by atoms with van der Waals surface area (Å²) in [6.45, 7) is 2.32. The van der Waals surface area contributed by atoms with Crippen molar-refractivity contribution in [2.45, 2.75) is 5.92 Å². The summed E-state index contributed by atoms with van der Waals surface area (Å²) in [6, 6.07) is 10.3. The summed E-state index contributed by atoms with van der Waals surface area (Å²) in [5.74, 6) is 2.34. The summed E-state index contributed by atoms with van der Waals surface area (Å²) in [7, 11) is 0. The van der Waals surface area contributed by atoms with Gasteiger partial charge in [-0.3, -0.25) is 0 Å². The highest BCUT2D eigenvalue weighted by Gasteiger charge is 2.55. The van der Waals surface area contributed by atoms with Gasteiger partial charge in [0.25, 0.3) is 0 Å². The average molecular weight is 243 g/mol. The predicted octanol–water partition coefficient (Wildman–Crippen LogP) is 2.14. The molecule has 0 spiro atoms. The van der Waals surface area contributed by atoms with E-state index in [1.165, 1.54) is 10.6 Å². The molecular weight excluding hydrogens is 230 g/mol. The molecule has 0 bridgehead atoms. The van der Waals surface area contributed by atoms with E-state index in [1.54, 1.807) is 11.3 Å². The van der Waals surface area contributed by atoms with Gasteiger partial charge < -0.3 is 5.32 Å². The lowest BCUT2D eigenvalue weighted by Crippen LogP contribution is -2.13. The molecule has 1 aromatic heterocycles. The smallest absolute Gasteiger partial charge is 0.147 e. The third-order valence-corrected chi connectivity index (χ3v) is 4.91. The van der Waals surface area contributed by atoms with E-state index in [1.807, 2.05) is 18.2 Å². The van der Waals surface area contributed by atoms with Gasteiger partial charge in [-0.1, -0.05) is 41.7 Å². The quantitative estimate of drug-likeness (QED) is 0.878. The Morgan fingerprint density at radius 2 is 1.82 bits per heavy atom. The van der Waals surface area contributed by atoms with E-state index >= 15 is 0 Å². The van der Waals surface area contributed by atoms with Crippen molar-refractivity contribution in [3.05, 3.63) is 35.3 Å². The third-order valence-electron chi connectivity index (χ3n) is 3.84. The molecule has 1 aromatic carbocycles. The lowest BCUT2D eigenvalue weighted by molar-refractivity contribution is 0.678. The van der Waals surface area contributed by atoms with Crippen LogP contribution < -0.4 is 5.32 Å². The molecule has 4 rings (SSSR count). The summed E-state index contributed by atoms with van der Waals surface area (Å²) < 4.78 is 0. The SMILES string of the molecule is c1ccc(-c2nnc(C3[C@H]4CNC[C@@H]34)s2)cc1. The van der Waals surface area contributed by atoms with Crippen LogP contribution in [-0.2, 0) is 0 Å². The van der Waals surface area contributed by atoms with Crippen LogP contribution in [0, 0.1) is 11.8 Å². The molecule has 0 amide bonds. The number of piperidine rings is 1. The minimum Gasteiger partial charge on any atom is -0.316 e. The first-order valence-electron chi connectivity index (χ1n) is 6.03. The largest absolute Gasteiger partial charge is 0.316 e. The number of nitrogens with one attached hydrogen (secondary N) is 1. The van der Waals surface area contributed by atoms with Gasteiger partial charge in [-0.15, -0.1) is 10.2 Å². The molecule has 86 valence electrons. The van der Waals surface area contributed by atoms with Gasteiger partial charge in [-0.05, 0) is 24.9 Å². The Morgan fingerprint density at radius 1 is 1.06 bits per heavy atom. The first-order valence-corrected chi connectivity index (χ1v) is 6.84. The fraction of sp³-hybridized carbons (Fsp3) is 0.385. The van der Waals surface area contributed by atoms with Gasteiger partial charge in [0.2, 0.25) is 0 Å². The van der Waals surface area contributed by atoms with Gasteiger partial charge in [0.1, 0.15) is 10.0 Å². The van der Waals surface area contributed by atoms with Gasteiger partial charge in [0.15, 0.2) is 0 Å². The van der Waals surface area contributed by atoms with Gasteiger partial charge in [0.05, 0.1) is 0 Å². The Morgan fingerprint density at radius 3 is 2.59 bits per heavy atom. The van der Waals surface area contributed by atoms with Gasteiger partial charge >= 0.3 is 0 Å². The minimum atomic E-state index is 0.686. The summed E-state index contributed by atoms with van der Waals surface area (Å²) in [5, 5.41) is 14.4. The molecule has 1 saturated heterocycles. The normalized spacial score (nSPS) is 30.2. The second-order valence-corrected chi connectivity index (χ2v) is 5.83. The number of nitrogens with zero attached hydrogens (tertiary/aromatic N) is 2. The maximum atomic E-state index is 4.38. The highest BCUT2D eigenvalue weighted by molar-refractivity contribution is 7.14. The van der Waals surface area contributed by atoms with Crippen molar-refractivity contribution >= 4 is 11.3 Å². The van der Waals surface area contributed by atoms with Crippen molar-refractivity contribution in [2.75, 3.05) is 13.1 Å². The molecule has 1 aliphatic heterocycles. The molecule has 1 saturated carbocycles. The summed E-state index contributed by atoms with van der Waals surface area (Å²) in [6.07, 6.45) is 0. The fourth-order valence-electron chi connectivity index (χ4n) is 2.85. The van der Waals surface area contributed by atoms with Gasteiger partial charge in [-0.25, -0.2) is 0 Å². The third kappa shape index (κ3) is 1.51. The molecule has 1 aliphatic carbocycles. The molecule has 3 atom stereocenters. The Balaban J connectivity index is 1.62. The van der Waals surface area contributed by atoms with Crippen LogP contribution in [0.15, 0.2) is 30.3 Å². The fourth-order valence-corrected chi connectivity index (χ4v) is 3.95. The van der Waals surface area contributed by atoms with Crippen LogP contribution in [0.25, 0.3) is 10.6 Å². The van der Waals surface area contributed by atoms with Crippen LogP contribution in [0.3, 0.4) is 0 Å². The second kappa shape index (κ2) is 3.62. The van der Waals surface area contributed by atoms with E-state index in [9.17, 15) is 0 Å². The summed E-state index contributed by atoms with van der Waals surface area (Å²) >= 11 is 1.76. The minimum absolute atomic E-state index is 0.686. The van der Waals surface area contributed by atoms with Crippen molar-refractivity contribution in [3.8, 4) is 10.6 Å². The number of hydrogen-bond acceptors (Lipinski definition) is 4. The van der Waals surface area contributed by atoms with Crippen LogP contribution in [-0.4, -0.2) is 23.3 Å². The number of hydrogen-bond donors (Lipinski definition) is 1. The number of aromatic nitrogens is 2. The van der Waals surface area contributed by atoms with Crippen LogP contribution >= 0.6 is 11.3 Å². The zero-order chi connectivity index (χ0) is 11.2. The molecular formula is C13H13N3S. The second-order valence-electron chi connectivity index (χ2n) is 4.82. The van der Waals surface area contributed by atoms with E-state index in [0.29, 0.717) is 5.92 Å². The number of benzene rings is 1. The number of fused-ring (bicyclic) bond motifs is 1. The molecule has 2 aliphatic rings. The van der Waals surface area contributed by atoms with Crippen LogP contribution in [0.2, 0.25) is 0 Å². The van der Waals surface area contributed by atoms with E-state index < -0.39 is 0 Å². The van der Waals surface area contributed by atoms with E-state index in [2.05, 4.69) is 27.6 Å². The first kappa shape index (κ1) is 9.74. The molecule has 1 N–H and O–H groups in total. The lowest BCUT2D eigenvalue weighted by Gasteiger charge is -1.98. The van der Waals surface area contributed by atoms with Crippen molar-refractivity contribution in [3.63, 3.8) is 0 Å². The molecule has 17 heavy (non-hydrogen) atoms. The Hall–Kier alpha value is -1.26. The Kier molecular flexibility index (Phi) is 2.07. The highest BCUT2D eigenvalue weighted by Crippen LogP contribution is 2.56. The molecule has 0 radical (unpaired) electrons. The van der Waals surface area contributed by atoms with E-state index in [0.717, 1.165) is 29.9 Å². The molecule has 2 fully saturated rings. The predicted molar refractivity (Wildman–Crippen MR) is 67.9 cm³/mol. The lowest BCUT2D eigenvalue weighted by atomic mass is 10.2. The monoisotopic (exact) mass is 243 g/mol. The summed E-state index contributed by atoms with van der Waals surface area (Å²) in [4.78, 5) is 0. The van der Waals surface area contributed by atoms with Crippen molar-refractivity contribution < 1.29 is 0 Å². The van der Waals surface area contributed by atoms with Crippen molar-refractivity contribution in [1.82, 2.24) is 15.5 Å². The van der Waals surface area contributed by atoms with Gasteiger partial charge in [0, 0.05) is 11.5 Å². The molecule has 4 heteroatoms. The first-order chi connectivity index (χ1) is 8.43. The standard InChI is InChI=1S/C13H13N3S/c1-2-4-8(5-3-1)12-15-16-13(17-12)11-9-6-14-7-10(9)11/h1-5,9-11,14H,6-7H2/t9-,10+,11?. The maximum Gasteiger partial charge on any atom is 0.147 e. The molecule has 2 aromatic rings. The Bertz CT molecular complexity index is 527. The topological polar surface area (TPSA) is 37.8 Å². The maximum absolute atomic E-state index is 4.38. The summed E-state index contributed by atoms with van der Waals surface area (Å²) in [5.41, 5.74) is 1.18. The van der Waals surface area contributed by atoms with Crippen molar-refractivity contribution in [1.29, 1.82) is 0 Å². The van der Waals surface area contributed by atoms with E-state index in [4.69, 9.17) is 0 Å². The average Bonchev–Trinajstić information content (AvgIpc) is 2.81. The zero-order valence-electron chi connectivity index (χ0n) is 9.34. The Labute approximate surface area is 104 Å². The van der Waals surface area contributed by atoms with E-state index in [-0.39, 0.29) is 0 Å². The molecule has 3 nitrogen and oxygen atoms in total. The highest BCUT2D eigenvalue weighted by atomic mass is 32.1.